The molecule has 1 heterocycles. The Bertz CT molecular complexity index is 765. The van der Waals surface area contributed by atoms with Crippen LogP contribution in [0.15, 0.2) is 40.5 Å². The van der Waals surface area contributed by atoms with Gasteiger partial charge in [0.2, 0.25) is 0 Å². The van der Waals surface area contributed by atoms with Gasteiger partial charge >= 0.3 is 5.97 Å². The molecule has 1 aromatic carbocycles. The highest BCUT2D eigenvalue weighted by Crippen LogP contribution is 2.37. The van der Waals surface area contributed by atoms with Gasteiger partial charge < -0.3 is 10.1 Å². The number of benzene rings is 1. The van der Waals surface area contributed by atoms with Gasteiger partial charge in [0.15, 0.2) is 5.16 Å². The molecule has 2 aromatic rings. The molecule has 0 saturated heterocycles. The Morgan fingerprint density at radius 3 is 2.59 bits per heavy atom. The van der Waals surface area contributed by atoms with Crippen molar-refractivity contribution in [2.24, 2.45) is 0 Å². The van der Waals surface area contributed by atoms with Crippen LogP contribution in [0.2, 0.25) is 0 Å². The molecule has 0 spiro atoms. The lowest BCUT2D eigenvalue weighted by atomic mass is 10.0. The molecule has 27 heavy (non-hydrogen) atoms. The SMILES string of the molecule is COC(=O)c1c(NCc2ccccc2)nc(SC)nc1SC1CCCCC1. The molecule has 1 aromatic heterocycles. The van der Waals surface area contributed by atoms with E-state index >= 15 is 0 Å². The molecule has 0 unspecified atom stereocenters. The van der Waals surface area contributed by atoms with E-state index in [1.165, 1.54) is 38.1 Å². The first-order valence-corrected chi connectivity index (χ1v) is 11.3. The van der Waals surface area contributed by atoms with Gasteiger partial charge in [-0.2, -0.15) is 0 Å². The minimum absolute atomic E-state index is 0.392. The zero-order chi connectivity index (χ0) is 19.1. The minimum atomic E-state index is -0.392. The molecular weight excluding hydrogens is 378 g/mol. The Morgan fingerprint density at radius 2 is 1.93 bits per heavy atom. The van der Waals surface area contributed by atoms with Crippen LogP contribution in [0.1, 0.15) is 48.0 Å². The van der Waals surface area contributed by atoms with E-state index in [0.717, 1.165) is 23.4 Å². The van der Waals surface area contributed by atoms with E-state index in [4.69, 9.17) is 4.74 Å². The van der Waals surface area contributed by atoms with Gasteiger partial charge in [-0.25, -0.2) is 14.8 Å². The standard InChI is InChI=1S/C20H25N3O2S2/c1-25-19(24)16-17(21-13-14-9-5-3-6-10-14)22-20(26-2)23-18(16)27-15-11-7-4-8-12-15/h3,5-6,9-10,15H,4,7-8,11-13H2,1-2H3,(H,21,22,23). The van der Waals surface area contributed by atoms with Gasteiger partial charge in [0, 0.05) is 11.8 Å². The third-order valence-corrected chi connectivity index (χ3v) is 6.43. The van der Waals surface area contributed by atoms with Crippen molar-refractivity contribution in [3.63, 3.8) is 0 Å². The van der Waals surface area contributed by atoms with Crippen LogP contribution in [0.25, 0.3) is 0 Å². The second-order valence-electron chi connectivity index (χ2n) is 6.45. The van der Waals surface area contributed by atoms with Crippen molar-refractivity contribution in [1.29, 1.82) is 0 Å². The third kappa shape index (κ3) is 5.39. The number of methoxy groups -OCH3 is 1. The molecule has 0 amide bonds. The lowest BCUT2D eigenvalue weighted by Gasteiger charge is -2.22. The molecule has 1 fully saturated rings. The number of rotatable bonds is 7. The number of ether oxygens (including phenoxy) is 1. The first-order valence-electron chi connectivity index (χ1n) is 9.20. The number of carbonyl (C=O) groups excluding carboxylic acids is 1. The zero-order valence-electron chi connectivity index (χ0n) is 15.7. The van der Waals surface area contributed by atoms with Gasteiger partial charge in [-0.15, -0.1) is 11.8 Å². The van der Waals surface area contributed by atoms with Gasteiger partial charge in [-0.3, -0.25) is 0 Å². The molecule has 0 aliphatic heterocycles. The fourth-order valence-electron chi connectivity index (χ4n) is 3.13. The largest absolute Gasteiger partial charge is 0.465 e. The van der Waals surface area contributed by atoms with Crippen LogP contribution >= 0.6 is 23.5 Å². The number of carbonyl (C=O) groups is 1. The summed E-state index contributed by atoms with van der Waals surface area (Å²) >= 11 is 3.18. The zero-order valence-corrected chi connectivity index (χ0v) is 17.4. The maximum atomic E-state index is 12.5. The van der Waals surface area contributed by atoms with Gasteiger partial charge in [0.25, 0.3) is 0 Å². The first-order chi connectivity index (χ1) is 13.2. The number of esters is 1. The van der Waals surface area contributed by atoms with E-state index in [2.05, 4.69) is 15.3 Å². The summed E-state index contributed by atoms with van der Waals surface area (Å²) in [6.45, 7) is 0.587. The summed E-state index contributed by atoms with van der Waals surface area (Å²) in [5.41, 5.74) is 1.57. The highest BCUT2D eigenvalue weighted by molar-refractivity contribution is 8.00. The molecule has 0 radical (unpaired) electrons. The average molecular weight is 404 g/mol. The summed E-state index contributed by atoms with van der Waals surface area (Å²) in [7, 11) is 1.40. The molecule has 1 aliphatic rings. The highest BCUT2D eigenvalue weighted by atomic mass is 32.2. The van der Waals surface area contributed by atoms with E-state index in [0.29, 0.717) is 28.3 Å². The van der Waals surface area contributed by atoms with E-state index in [1.54, 1.807) is 11.8 Å². The van der Waals surface area contributed by atoms with Gasteiger partial charge in [-0.05, 0) is 24.7 Å². The molecule has 3 rings (SSSR count). The molecule has 0 atom stereocenters. The number of aromatic nitrogens is 2. The lowest BCUT2D eigenvalue weighted by Crippen LogP contribution is -2.16. The van der Waals surface area contributed by atoms with Crippen LogP contribution in [0.3, 0.4) is 0 Å². The Labute approximate surface area is 169 Å². The number of nitrogens with one attached hydrogen (secondary N) is 1. The summed E-state index contributed by atoms with van der Waals surface area (Å²) < 4.78 is 5.05. The van der Waals surface area contributed by atoms with E-state index in [9.17, 15) is 4.79 Å². The van der Waals surface area contributed by atoms with Gasteiger partial charge in [0.05, 0.1) is 7.11 Å². The topological polar surface area (TPSA) is 64.1 Å². The van der Waals surface area contributed by atoms with Crippen molar-refractivity contribution in [3.05, 3.63) is 41.5 Å². The van der Waals surface area contributed by atoms with E-state index in [-0.39, 0.29) is 0 Å². The highest BCUT2D eigenvalue weighted by Gasteiger charge is 2.25. The number of nitrogens with zero attached hydrogens (tertiary/aromatic N) is 2. The first kappa shape index (κ1) is 20.0. The normalized spacial score (nSPS) is 14.7. The third-order valence-electron chi connectivity index (χ3n) is 4.56. The van der Waals surface area contributed by atoms with Crippen molar-refractivity contribution in [2.45, 2.75) is 54.1 Å². The van der Waals surface area contributed by atoms with Gasteiger partial charge in [-0.1, -0.05) is 61.4 Å². The number of hydrogen-bond acceptors (Lipinski definition) is 7. The number of anilines is 1. The second kappa shape index (κ2) is 9.99. The van der Waals surface area contributed by atoms with Crippen LogP contribution in [-0.4, -0.2) is 34.6 Å². The van der Waals surface area contributed by atoms with E-state index in [1.807, 2.05) is 36.6 Å². The Balaban J connectivity index is 1.91. The molecule has 1 aliphatic carbocycles. The molecule has 1 N–H and O–H groups in total. The van der Waals surface area contributed by atoms with Gasteiger partial charge in [0.1, 0.15) is 16.4 Å². The molecule has 144 valence electrons. The smallest absolute Gasteiger partial charge is 0.344 e. The monoisotopic (exact) mass is 403 g/mol. The number of hydrogen-bond donors (Lipinski definition) is 1. The Hall–Kier alpha value is -1.73. The summed E-state index contributed by atoms with van der Waals surface area (Å²) in [5, 5.41) is 5.20. The van der Waals surface area contributed by atoms with Crippen LogP contribution in [0.4, 0.5) is 5.82 Å². The van der Waals surface area contributed by atoms with Crippen LogP contribution in [0.5, 0.6) is 0 Å². The average Bonchev–Trinajstić information content (AvgIpc) is 2.73. The van der Waals surface area contributed by atoms with E-state index < -0.39 is 5.97 Å². The predicted molar refractivity (Wildman–Crippen MR) is 112 cm³/mol. The molecule has 1 saturated carbocycles. The number of thioether (sulfide) groups is 2. The van der Waals surface area contributed by atoms with Crippen LogP contribution < -0.4 is 5.32 Å². The predicted octanol–water partition coefficient (Wildman–Crippen LogP) is 5.02. The van der Waals surface area contributed by atoms with Crippen LogP contribution in [-0.2, 0) is 11.3 Å². The van der Waals surface area contributed by atoms with Crippen molar-refractivity contribution in [2.75, 3.05) is 18.7 Å². The quantitative estimate of drug-likeness (QED) is 0.301. The molecule has 0 bridgehead atoms. The molecule has 5 nitrogen and oxygen atoms in total. The Morgan fingerprint density at radius 1 is 1.19 bits per heavy atom. The second-order valence-corrected chi connectivity index (χ2v) is 8.51. The maximum absolute atomic E-state index is 12.5. The molecule has 7 heteroatoms. The molecular formula is C20H25N3O2S2. The lowest BCUT2D eigenvalue weighted by molar-refractivity contribution is 0.0596. The summed E-state index contributed by atoms with van der Waals surface area (Å²) in [5.74, 6) is 0.153. The minimum Gasteiger partial charge on any atom is -0.465 e. The maximum Gasteiger partial charge on any atom is 0.344 e. The van der Waals surface area contributed by atoms with Crippen molar-refractivity contribution in [3.8, 4) is 0 Å². The van der Waals surface area contributed by atoms with Crippen molar-refractivity contribution >= 4 is 35.3 Å². The van der Waals surface area contributed by atoms with Crippen LogP contribution in [0, 0.1) is 0 Å². The fourth-order valence-corrected chi connectivity index (χ4v) is 4.88. The Kier molecular flexibility index (Phi) is 7.41. The van der Waals surface area contributed by atoms with Crippen molar-refractivity contribution < 1.29 is 9.53 Å². The summed E-state index contributed by atoms with van der Waals surface area (Å²) in [6, 6.07) is 10.1. The summed E-state index contributed by atoms with van der Waals surface area (Å²) in [6.07, 6.45) is 8.05. The van der Waals surface area contributed by atoms with Crippen molar-refractivity contribution in [1.82, 2.24) is 9.97 Å². The fraction of sp³-hybridized carbons (Fsp3) is 0.450. The summed E-state index contributed by atoms with van der Waals surface area (Å²) in [4.78, 5) is 21.7.